The van der Waals surface area contributed by atoms with Gasteiger partial charge in [0.25, 0.3) is 5.56 Å². The van der Waals surface area contributed by atoms with Gasteiger partial charge in [-0.15, -0.1) is 0 Å². The fraction of sp³-hybridized carbons (Fsp3) is 0.360. The summed E-state index contributed by atoms with van der Waals surface area (Å²) in [6.45, 7) is 1.96. The van der Waals surface area contributed by atoms with Crippen LogP contribution in [0.1, 0.15) is 54.6 Å². The van der Waals surface area contributed by atoms with E-state index in [2.05, 4.69) is 22.1 Å². The van der Waals surface area contributed by atoms with Crippen molar-refractivity contribution in [3.8, 4) is 11.1 Å². The molecule has 1 amide bonds. The van der Waals surface area contributed by atoms with Crippen molar-refractivity contribution >= 4 is 11.6 Å². The number of nitrogens with zero attached hydrogens (tertiary/aromatic N) is 4. The highest BCUT2D eigenvalue weighted by molar-refractivity contribution is 5.96. The van der Waals surface area contributed by atoms with E-state index in [1.54, 1.807) is 17.3 Å². The highest BCUT2D eigenvalue weighted by Crippen LogP contribution is 2.38. The topological polar surface area (TPSA) is 68.1 Å². The molecular weight excluding hydrogens is 388 g/mol. The molecule has 6 nitrogen and oxygen atoms in total. The van der Waals surface area contributed by atoms with Crippen LogP contribution in [0.4, 0.5) is 5.69 Å². The number of carbonyl (C=O) groups is 1. The van der Waals surface area contributed by atoms with Crippen LogP contribution in [0.15, 0.2) is 47.8 Å². The van der Waals surface area contributed by atoms with Gasteiger partial charge in [0.1, 0.15) is 5.69 Å². The van der Waals surface area contributed by atoms with Gasteiger partial charge < -0.3 is 9.47 Å². The van der Waals surface area contributed by atoms with E-state index in [-0.39, 0.29) is 17.5 Å². The van der Waals surface area contributed by atoms with E-state index in [1.165, 1.54) is 11.1 Å². The second kappa shape index (κ2) is 7.76. The quantitative estimate of drug-likeness (QED) is 0.655. The first kappa shape index (κ1) is 19.7. The van der Waals surface area contributed by atoms with Crippen molar-refractivity contribution in [1.82, 2.24) is 14.5 Å². The Kier molecular flexibility index (Phi) is 4.93. The number of benzene rings is 1. The molecule has 5 rings (SSSR count). The van der Waals surface area contributed by atoms with E-state index in [9.17, 15) is 9.59 Å². The zero-order valence-electron chi connectivity index (χ0n) is 18.0. The second-order valence-corrected chi connectivity index (χ2v) is 8.40. The molecule has 3 aromatic rings. The van der Waals surface area contributed by atoms with Crippen LogP contribution in [-0.2, 0) is 24.1 Å². The lowest BCUT2D eigenvalue weighted by Gasteiger charge is -2.29. The molecule has 0 fully saturated rings. The van der Waals surface area contributed by atoms with Crippen LogP contribution in [0.3, 0.4) is 0 Å². The minimum atomic E-state index is -0.0154. The van der Waals surface area contributed by atoms with Crippen molar-refractivity contribution in [3.63, 3.8) is 0 Å². The van der Waals surface area contributed by atoms with Gasteiger partial charge in [-0.25, -0.2) is 0 Å². The van der Waals surface area contributed by atoms with Gasteiger partial charge in [0.2, 0.25) is 5.91 Å². The van der Waals surface area contributed by atoms with E-state index >= 15 is 0 Å². The summed E-state index contributed by atoms with van der Waals surface area (Å²) in [6, 6.07) is 6.32. The molecule has 0 unspecified atom stereocenters. The van der Waals surface area contributed by atoms with Crippen LogP contribution in [0.25, 0.3) is 11.1 Å². The maximum absolute atomic E-state index is 12.9. The number of fused-ring (bicyclic) bond motifs is 2. The summed E-state index contributed by atoms with van der Waals surface area (Å²) in [5, 5.41) is 0. The largest absolute Gasteiger partial charge is 0.315 e. The van der Waals surface area contributed by atoms with Crippen molar-refractivity contribution in [2.24, 2.45) is 0 Å². The Balaban J connectivity index is 1.60. The molecule has 0 saturated carbocycles. The molecule has 0 spiro atoms. The van der Waals surface area contributed by atoms with Crippen molar-refractivity contribution in [2.75, 3.05) is 11.9 Å². The molecule has 0 saturated heterocycles. The minimum Gasteiger partial charge on any atom is -0.315 e. The van der Waals surface area contributed by atoms with Gasteiger partial charge in [-0.05, 0) is 66.5 Å². The predicted octanol–water partition coefficient (Wildman–Crippen LogP) is 3.70. The zero-order valence-corrected chi connectivity index (χ0v) is 18.0. The monoisotopic (exact) mass is 414 g/mol. The fourth-order valence-electron chi connectivity index (χ4n) is 5.01. The summed E-state index contributed by atoms with van der Waals surface area (Å²) in [5.41, 5.74) is 7.44. The number of pyridine rings is 1. The highest BCUT2D eigenvalue weighted by Gasteiger charge is 2.27. The van der Waals surface area contributed by atoms with Crippen LogP contribution in [0.2, 0.25) is 0 Å². The number of amides is 1. The average Bonchev–Trinajstić information content (AvgIpc) is 2.81. The number of hydrogen-bond acceptors (Lipinski definition) is 4. The lowest BCUT2D eigenvalue weighted by Crippen LogP contribution is -2.31. The van der Waals surface area contributed by atoms with Crippen molar-refractivity contribution in [1.29, 1.82) is 0 Å². The number of anilines is 1. The average molecular weight is 415 g/mol. The first-order valence-electron chi connectivity index (χ1n) is 11.0. The van der Waals surface area contributed by atoms with Crippen molar-refractivity contribution in [2.45, 2.75) is 51.5 Å². The van der Waals surface area contributed by atoms with Gasteiger partial charge >= 0.3 is 0 Å². The fourth-order valence-corrected chi connectivity index (χ4v) is 5.01. The smallest absolute Gasteiger partial charge is 0.272 e. The summed E-state index contributed by atoms with van der Waals surface area (Å²) >= 11 is 0. The maximum atomic E-state index is 12.9. The first-order valence-corrected chi connectivity index (χ1v) is 11.0. The van der Waals surface area contributed by atoms with Crippen molar-refractivity contribution < 1.29 is 4.79 Å². The van der Waals surface area contributed by atoms with E-state index in [0.29, 0.717) is 18.5 Å². The Morgan fingerprint density at radius 1 is 1.13 bits per heavy atom. The third kappa shape index (κ3) is 3.26. The molecule has 2 aliphatic rings. The number of hydrogen-bond donors (Lipinski definition) is 0. The molecule has 0 bridgehead atoms. The molecule has 0 radical (unpaired) electrons. The van der Waals surface area contributed by atoms with Gasteiger partial charge in [-0.3, -0.25) is 19.6 Å². The van der Waals surface area contributed by atoms with E-state index in [4.69, 9.17) is 0 Å². The van der Waals surface area contributed by atoms with Crippen LogP contribution in [0.5, 0.6) is 0 Å². The Morgan fingerprint density at radius 2 is 2.00 bits per heavy atom. The number of carbonyl (C=O) groups excluding carboxylic acids is 1. The lowest BCUT2D eigenvalue weighted by molar-refractivity contribution is -0.118. The van der Waals surface area contributed by atoms with Gasteiger partial charge in [0, 0.05) is 49.5 Å². The van der Waals surface area contributed by atoms with E-state index in [1.807, 2.05) is 37.0 Å². The van der Waals surface area contributed by atoms with Crippen LogP contribution in [-0.4, -0.2) is 27.5 Å². The summed E-state index contributed by atoms with van der Waals surface area (Å²) in [6.07, 6.45) is 12.2. The molecule has 6 heteroatoms. The molecule has 2 aromatic heterocycles. The molecule has 3 heterocycles. The maximum Gasteiger partial charge on any atom is 0.272 e. The normalized spacial score (nSPS) is 17.9. The summed E-state index contributed by atoms with van der Waals surface area (Å²) in [4.78, 5) is 35.5. The molecule has 1 atom stereocenters. The Bertz CT molecular complexity index is 1230. The highest BCUT2D eigenvalue weighted by atomic mass is 16.2. The molecule has 0 N–H and O–H groups in total. The number of aromatic nitrogens is 3. The molecular formula is C25H26N4O2. The summed E-state index contributed by atoms with van der Waals surface area (Å²) < 4.78 is 1.84. The van der Waals surface area contributed by atoms with Crippen LogP contribution in [0, 0.1) is 0 Å². The molecule has 1 aromatic carbocycles. The second-order valence-electron chi connectivity index (χ2n) is 8.40. The molecule has 158 valence electrons. The molecule has 31 heavy (non-hydrogen) atoms. The Labute approximate surface area is 181 Å². The molecule has 1 aliphatic carbocycles. The third-order valence-corrected chi connectivity index (χ3v) is 6.70. The SMILES string of the molecule is CCc1nccn([C@@H]2CCCc3c(-c4ccc5c(c4)CCC(=O)N5C)cncc32)c1=O. The summed E-state index contributed by atoms with van der Waals surface area (Å²) in [5.74, 6) is 0.163. The minimum absolute atomic E-state index is 0.00487. The zero-order chi connectivity index (χ0) is 21.5. The summed E-state index contributed by atoms with van der Waals surface area (Å²) in [7, 11) is 1.84. The van der Waals surface area contributed by atoms with Gasteiger partial charge in [-0.2, -0.15) is 0 Å². The van der Waals surface area contributed by atoms with Crippen LogP contribution < -0.4 is 10.5 Å². The standard InChI is InChI=1S/C25H26N4O2/c1-3-21-25(31)29(12-11-27-21)23-6-4-5-18-19(14-26-15-20(18)23)16-7-9-22-17(13-16)8-10-24(30)28(22)2/h7,9,11-15,23H,3-6,8,10H2,1-2H3/t23-/m1/s1. The number of rotatable bonds is 3. The first-order chi connectivity index (χ1) is 15.1. The van der Waals surface area contributed by atoms with E-state index < -0.39 is 0 Å². The van der Waals surface area contributed by atoms with Gasteiger partial charge in [0.05, 0.1) is 6.04 Å². The lowest BCUT2D eigenvalue weighted by atomic mass is 9.84. The number of aryl methyl sites for hydroxylation is 2. The Morgan fingerprint density at radius 3 is 2.84 bits per heavy atom. The third-order valence-electron chi connectivity index (χ3n) is 6.70. The van der Waals surface area contributed by atoms with Crippen LogP contribution >= 0.6 is 0 Å². The van der Waals surface area contributed by atoms with Gasteiger partial charge in [-0.1, -0.05) is 13.0 Å². The van der Waals surface area contributed by atoms with E-state index in [0.717, 1.165) is 48.1 Å². The predicted molar refractivity (Wildman–Crippen MR) is 120 cm³/mol. The molecule has 1 aliphatic heterocycles. The Hall–Kier alpha value is -3.28. The van der Waals surface area contributed by atoms with Gasteiger partial charge in [0.15, 0.2) is 0 Å². The van der Waals surface area contributed by atoms with Crippen molar-refractivity contribution in [3.05, 3.63) is 75.7 Å².